The van der Waals surface area contributed by atoms with E-state index in [9.17, 15) is 13.9 Å². The second-order valence-corrected chi connectivity index (χ2v) is 5.59. The molecule has 96 valence electrons. The van der Waals surface area contributed by atoms with Gasteiger partial charge in [0.15, 0.2) is 11.6 Å². The summed E-state index contributed by atoms with van der Waals surface area (Å²) < 4.78 is 26.9. The number of rotatable bonds is 3. The molecular formula is C14H20F2O. The van der Waals surface area contributed by atoms with Gasteiger partial charge in [0.1, 0.15) is 0 Å². The molecule has 0 spiro atoms. The topological polar surface area (TPSA) is 20.2 Å². The van der Waals surface area contributed by atoms with Gasteiger partial charge in [0.2, 0.25) is 0 Å². The minimum absolute atomic E-state index is 0.236. The molecule has 17 heavy (non-hydrogen) atoms. The zero-order chi connectivity index (χ0) is 13.2. The molecule has 0 radical (unpaired) electrons. The van der Waals surface area contributed by atoms with E-state index in [2.05, 4.69) is 0 Å². The van der Waals surface area contributed by atoms with Gasteiger partial charge in [0, 0.05) is 0 Å². The Kier molecular flexibility index (Phi) is 4.26. The van der Waals surface area contributed by atoms with E-state index in [4.69, 9.17) is 0 Å². The van der Waals surface area contributed by atoms with Gasteiger partial charge in [-0.3, -0.25) is 0 Å². The van der Waals surface area contributed by atoms with Crippen LogP contribution in [0.2, 0.25) is 0 Å². The second kappa shape index (κ2) is 5.13. The van der Waals surface area contributed by atoms with Crippen LogP contribution in [0.1, 0.15) is 38.3 Å². The summed E-state index contributed by atoms with van der Waals surface area (Å²) in [5.41, 5.74) is 0.402. The minimum Gasteiger partial charge on any atom is -0.393 e. The predicted octanol–water partition coefficient (Wildman–Crippen LogP) is 3.61. The Morgan fingerprint density at radius 2 is 1.76 bits per heavy atom. The maximum absolute atomic E-state index is 13.6. The van der Waals surface area contributed by atoms with Crippen molar-refractivity contribution in [2.24, 2.45) is 5.41 Å². The van der Waals surface area contributed by atoms with Gasteiger partial charge in [-0.25, -0.2) is 8.78 Å². The van der Waals surface area contributed by atoms with Crippen LogP contribution in [0.3, 0.4) is 0 Å². The zero-order valence-electron chi connectivity index (χ0n) is 10.8. The van der Waals surface area contributed by atoms with Gasteiger partial charge in [0.25, 0.3) is 0 Å². The van der Waals surface area contributed by atoms with Gasteiger partial charge >= 0.3 is 0 Å². The first-order valence-corrected chi connectivity index (χ1v) is 5.85. The molecule has 0 heterocycles. The smallest absolute Gasteiger partial charge is 0.162 e. The lowest BCUT2D eigenvalue weighted by atomic mass is 9.85. The predicted molar refractivity (Wildman–Crippen MR) is 64.9 cm³/mol. The molecule has 1 aromatic carbocycles. The lowest BCUT2D eigenvalue weighted by Crippen LogP contribution is -2.26. The van der Waals surface area contributed by atoms with Crippen molar-refractivity contribution < 1.29 is 13.9 Å². The average Bonchev–Trinajstić information content (AvgIpc) is 2.23. The maximum Gasteiger partial charge on any atom is 0.162 e. The van der Waals surface area contributed by atoms with E-state index in [0.717, 1.165) is 0 Å². The fourth-order valence-electron chi connectivity index (χ4n) is 1.60. The second-order valence-electron chi connectivity index (χ2n) is 5.59. The normalized spacial score (nSPS) is 13.8. The van der Waals surface area contributed by atoms with Gasteiger partial charge in [-0.1, -0.05) is 32.9 Å². The number of hydrogen-bond donors (Lipinski definition) is 1. The third kappa shape index (κ3) is 3.50. The molecule has 1 nitrogen and oxygen atoms in total. The summed E-state index contributed by atoms with van der Waals surface area (Å²) in [4.78, 5) is 0. The molecular weight excluding hydrogens is 222 g/mol. The van der Waals surface area contributed by atoms with E-state index < -0.39 is 17.7 Å². The fraction of sp³-hybridized carbons (Fsp3) is 0.571. The van der Waals surface area contributed by atoms with Crippen molar-refractivity contribution in [3.8, 4) is 0 Å². The molecule has 0 aliphatic carbocycles. The molecule has 0 aliphatic heterocycles. The monoisotopic (exact) mass is 242 g/mol. The van der Waals surface area contributed by atoms with Crippen molar-refractivity contribution in [3.05, 3.63) is 34.9 Å². The third-order valence-electron chi connectivity index (χ3n) is 3.04. The highest BCUT2D eigenvalue weighted by Gasteiger charge is 2.22. The van der Waals surface area contributed by atoms with E-state index in [1.807, 2.05) is 20.8 Å². The third-order valence-corrected chi connectivity index (χ3v) is 3.04. The quantitative estimate of drug-likeness (QED) is 0.858. The molecule has 0 saturated heterocycles. The molecule has 0 amide bonds. The molecule has 1 aromatic rings. The number of halogens is 2. The zero-order valence-corrected chi connectivity index (χ0v) is 10.8. The van der Waals surface area contributed by atoms with Gasteiger partial charge in [-0.05, 0) is 36.3 Å². The van der Waals surface area contributed by atoms with Crippen LogP contribution in [0.5, 0.6) is 0 Å². The largest absolute Gasteiger partial charge is 0.393 e. The lowest BCUT2D eigenvalue weighted by molar-refractivity contribution is 0.0558. The van der Waals surface area contributed by atoms with E-state index in [-0.39, 0.29) is 5.41 Å². The van der Waals surface area contributed by atoms with E-state index in [1.54, 1.807) is 12.1 Å². The summed E-state index contributed by atoms with van der Waals surface area (Å²) in [7, 11) is 0. The average molecular weight is 242 g/mol. The van der Waals surface area contributed by atoms with E-state index >= 15 is 0 Å². The van der Waals surface area contributed by atoms with Crippen molar-refractivity contribution in [1.29, 1.82) is 0 Å². The van der Waals surface area contributed by atoms with Crippen LogP contribution in [0.25, 0.3) is 0 Å². The SMILES string of the molecule is Cc1ccc(CCC(O)C(C)(C)C)c(F)c1F. The van der Waals surface area contributed by atoms with Crippen molar-refractivity contribution in [1.82, 2.24) is 0 Å². The molecule has 0 bridgehead atoms. The molecule has 0 aromatic heterocycles. The van der Waals surface area contributed by atoms with Gasteiger partial charge in [0.05, 0.1) is 6.10 Å². The van der Waals surface area contributed by atoms with Crippen molar-refractivity contribution in [2.75, 3.05) is 0 Å². The molecule has 3 heteroatoms. The Bertz CT molecular complexity index is 394. The van der Waals surface area contributed by atoms with Gasteiger partial charge in [-0.2, -0.15) is 0 Å². The molecule has 1 N–H and O–H groups in total. The maximum atomic E-state index is 13.6. The summed E-state index contributed by atoms with van der Waals surface area (Å²) in [5, 5.41) is 9.85. The van der Waals surface area contributed by atoms with Crippen LogP contribution in [-0.4, -0.2) is 11.2 Å². The molecule has 0 saturated carbocycles. The first-order chi connectivity index (χ1) is 7.73. The lowest BCUT2D eigenvalue weighted by Gasteiger charge is -2.25. The summed E-state index contributed by atoms with van der Waals surface area (Å²) in [6, 6.07) is 3.15. The highest BCUT2D eigenvalue weighted by Crippen LogP contribution is 2.24. The van der Waals surface area contributed by atoms with Crippen molar-refractivity contribution in [3.63, 3.8) is 0 Å². The number of aryl methyl sites for hydroxylation is 2. The summed E-state index contributed by atoms with van der Waals surface area (Å²) in [6.07, 6.45) is 0.260. The standard InChI is InChI=1S/C14H20F2O/c1-9-5-6-10(13(16)12(9)15)7-8-11(17)14(2,3)4/h5-6,11,17H,7-8H2,1-4H3. The Hall–Kier alpha value is -0.960. The molecule has 0 aliphatic rings. The van der Waals surface area contributed by atoms with Gasteiger partial charge < -0.3 is 5.11 Å². The molecule has 1 unspecified atom stereocenters. The van der Waals surface area contributed by atoms with Crippen LogP contribution in [-0.2, 0) is 6.42 Å². The number of aliphatic hydroxyl groups is 1. The highest BCUT2D eigenvalue weighted by atomic mass is 19.2. The highest BCUT2D eigenvalue weighted by molar-refractivity contribution is 5.25. The first kappa shape index (κ1) is 14.1. The van der Waals surface area contributed by atoms with Crippen LogP contribution in [0.4, 0.5) is 8.78 Å². The van der Waals surface area contributed by atoms with Crippen LogP contribution in [0, 0.1) is 24.0 Å². The number of benzene rings is 1. The first-order valence-electron chi connectivity index (χ1n) is 5.85. The summed E-state index contributed by atoms with van der Waals surface area (Å²) in [6.45, 7) is 7.30. The fourth-order valence-corrected chi connectivity index (χ4v) is 1.60. The summed E-state index contributed by atoms with van der Waals surface area (Å²) >= 11 is 0. The van der Waals surface area contributed by atoms with Crippen molar-refractivity contribution in [2.45, 2.75) is 46.6 Å². The Labute approximate surface area is 101 Å². The summed E-state index contributed by atoms with van der Waals surface area (Å²) in [5.74, 6) is -1.57. The van der Waals surface area contributed by atoms with Crippen LogP contribution in [0.15, 0.2) is 12.1 Å². The van der Waals surface area contributed by atoms with Crippen molar-refractivity contribution >= 4 is 0 Å². The minimum atomic E-state index is -0.786. The molecule has 1 rings (SSSR count). The number of hydrogen-bond acceptors (Lipinski definition) is 1. The number of aliphatic hydroxyl groups excluding tert-OH is 1. The van der Waals surface area contributed by atoms with E-state index in [1.165, 1.54) is 6.92 Å². The Morgan fingerprint density at radius 3 is 2.29 bits per heavy atom. The van der Waals surface area contributed by atoms with Gasteiger partial charge in [-0.15, -0.1) is 0 Å². The van der Waals surface area contributed by atoms with E-state index in [0.29, 0.717) is 24.0 Å². The molecule has 0 fully saturated rings. The van der Waals surface area contributed by atoms with Crippen LogP contribution < -0.4 is 0 Å². The Balaban J connectivity index is 2.74. The Morgan fingerprint density at radius 1 is 1.18 bits per heavy atom. The molecule has 1 atom stereocenters. The van der Waals surface area contributed by atoms with Crippen LogP contribution >= 0.6 is 0 Å².